The van der Waals surface area contributed by atoms with Crippen LogP contribution in [0.5, 0.6) is 11.5 Å². The maximum atomic E-state index is 10.9. The van der Waals surface area contributed by atoms with Crippen molar-refractivity contribution in [1.29, 1.82) is 0 Å². The zero-order valence-corrected chi connectivity index (χ0v) is 9.78. The molecule has 0 fully saturated rings. The van der Waals surface area contributed by atoms with E-state index in [4.69, 9.17) is 13.7 Å². The van der Waals surface area contributed by atoms with Crippen LogP contribution < -0.4 is 9.47 Å². The van der Waals surface area contributed by atoms with Gasteiger partial charge in [0.15, 0.2) is 18.1 Å². The average Bonchev–Trinajstić information content (AvgIpc) is 2.15. The maximum Gasteiger partial charge on any atom is 0.267 e. The normalized spacial score (nSPS) is 19.5. The van der Waals surface area contributed by atoms with Crippen LogP contribution in [-0.4, -0.2) is 27.6 Å². The van der Waals surface area contributed by atoms with Gasteiger partial charge in [-0.05, 0) is 18.6 Å². The molecule has 0 N–H and O–H groups in total. The molecule has 88 valence electrons. The van der Waals surface area contributed by atoms with Gasteiger partial charge in [0.2, 0.25) is 0 Å². The fourth-order valence-corrected chi connectivity index (χ4v) is 1.96. The highest BCUT2D eigenvalue weighted by atomic mass is 32.2. The first-order chi connectivity index (χ1) is 7.46. The van der Waals surface area contributed by atoms with E-state index in [1.54, 1.807) is 12.1 Å². The van der Waals surface area contributed by atoms with E-state index >= 15 is 0 Å². The van der Waals surface area contributed by atoms with Crippen LogP contribution in [0.25, 0.3) is 0 Å². The summed E-state index contributed by atoms with van der Waals surface area (Å²) in [5.74, 6) is 1.13. The monoisotopic (exact) mass is 244 g/mol. The molecule has 6 heteroatoms. The van der Waals surface area contributed by atoms with E-state index in [1.807, 2.05) is 13.0 Å². The van der Waals surface area contributed by atoms with Crippen LogP contribution in [0.1, 0.15) is 5.56 Å². The van der Waals surface area contributed by atoms with Crippen LogP contribution in [0, 0.1) is 6.92 Å². The molecule has 2 rings (SSSR count). The lowest BCUT2D eigenvalue weighted by molar-refractivity contribution is -0.0435. The summed E-state index contributed by atoms with van der Waals surface area (Å²) >= 11 is 0. The summed E-state index contributed by atoms with van der Waals surface area (Å²) in [5, 5.41) is 0. The standard InChI is InChI=1S/C10H12O5S/c1-7-4-3-5-8-10(7)13-6-9(14-8)15-16(2,11)12/h3-5,9H,6H2,1-2H3. The lowest BCUT2D eigenvalue weighted by atomic mass is 10.2. The highest BCUT2D eigenvalue weighted by Gasteiger charge is 2.25. The van der Waals surface area contributed by atoms with E-state index < -0.39 is 16.4 Å². The van der Waals surface area contributed by atoms with Crippen molar-refractivity contribution in [3.8, 4) is 11.5 Å². The van der Waals surface area contributed by atoms with Gasteiger partial charge in [0.1, 0.15) is 0 Å². The molecule has 0 saturated heterocycles. The Bertz CT molecular complexity index is 494. The van der Waals surface area contributed by atoms with E-state index in [0.717, 1.165) is 11.8 Å². The molecule has 1 aromatic carbocycles. The number of hydrogen-bond acceptors (Lipinski definition) is 5. The Labute approximate surface area is 94.1 Å². The molecule has 5 nitrogen and oxygen atoms in total. The van der Waals surface area contributed by atoms with E-state index in [0.29, 0.717) is 11.5 Å². The topological polar surface area (TPSA) is 61.8 Å². The Kier molecular flexibility index (Phi) is 2.77. The molecule has 0 aliphatic carbocycles. The second kappa shape index (κ2) is 3.95. The van der Waals surface area contributed by atoms with Crippen LogP contribution in [-0.2, 0) is 14.3 Å². The second-order valence-corrected chi connectivity index (χ2v) is 5.16. The van der Waals surface area contributed by atoms with Crippen LogP contribution in [0.4, 0.5) is 0 Å². The Morgan fingerprint density at radius 3 is 2.88 bits per heavy atom. The van der Waals surface area contributed by atoms with Crippen molar-refractivity contribution < 1.29 is 22.1 Å². The number of hydrogen-bond donors (Lipinski definition) is 0. The van der Waals surface area contributed by atoms with Gasteiger partial charge in [-0.25, -0.2) is 4.18 Å². The molecule has 1 aliphatic rings. The van der Waals surface area contributed by atoms with Gasteiger partial charge in [0.25, 0.3) is 16.4 Å². The highest BCUT2D eigenvalue weighted by molar-refractivity contribution is 7.86. The van der Waals surface area contributed by atoms with Crippen molar-refractivity contribution in [3.05, 3.63) is 23.8 Å². The average molecular weight is 244 g/mol. The smallest absolute Gasteiger partial charge is 0.267 e. The summed E-state index contributed by atoms with van der Waals surface area (Å²) in [6.45, 7) is 1.95. The van der Waals surface area contributed by atoms with Crippen molar-refractivity contribution >= 4 is 10.1 Å². The summed E-state index contributed by atoms with van der Waals surface area (Å²) in [5.41, 5.74) is 0.940. The number of rotatable bonds is 2. The highest BCUT2D eigenvalue weighted by Crippen LogP contribution is 2.34. The lowest BCUT2D eigenvalue weighted by Crippen LogP contribution is -2.33. The lowest BCUT2D eigenvalue weighted by Gasteiger charge is -2.26. The first-order valence-corrected chi connectivity index (χ1v) is 6.55. The minimum Gasteiger partial charge on any atom is -0.483 e. The van der Waals surface area contributed by atoms with Crippen LogP contribution in [0.3, 0.4) is 0 Å². The third-order valence-electron chi connectivity index (χ3n) is 2.08. The fraction of sp³-hybridized carbons (Fsp3) is 0.400. The van der Waals surface area contributed by atoms with Gasteiger partial charge < -0.3 is 9.47 Å². The van der Waals surface area contributed by atoms with Crippen molar-refractivity contribution in [2.75, 3.05) is 12.9 Å². The first kappa shape index (κ1) is 11.2. The fourth-order valence-electron chi connectivity index (χ4n) is 1.47. The second-order valence-electron chi connectivity index (χ2n) is 3.56. The van der Waals surface area contributed by atoms with Crippen molar-refractivity contribution in [1.82, 2.24) is 0 Å². The molecule has 0 bridgehead atoms. The van der Waals surface area contributed by atoms with Gasteiger partial charge in [-0.2, -0.15) is 8.42 Å². The van der Waals surface area contributed by atoms with Crippen molar-refractivity contribution in [3.63, 3.8) is 0 Å². The number of para-hydroxylation sites is 1. The van der Waals surface area contributed by atoms with Crippen LogP contribution in [0.2, 0.25) is 0 Å². The molecule has 1 aliphatic heterocycles. The summed E-state index contributed by atoms with van der Waals surface area (Å²) in [7, 11) is -3.54. The Morgan fingerprint density at radius 2 is 2.19 bits per heavy atom. The number of benzene rings is 1. The zero-order valence-electron chi connectivity index (χ0n) is 8.97. The van der Waals surface area contributed by atoms with Crippen molar-refractivity contribution in [2.45, 2.75) is 13.2 Å². The van der Waals surface area contributed by atoms with Gasteiger partial charge in [0.05, 0.1) is 6.26 Å². The molecule has 0 radical (unpaired) electrons. The summed E-state index contributed by atoms with van der Waals surface area (Å²) in [4.78, 5) is 0. The van der Waals surface area contributed by atoms with E-state index in [-0.39, 0.29) is 6.61 Å². The van der Waals surface area contributed by atoms with Gasteiger partial charge in [-0.3, -0.25) is 0 Å². The first-order valence-electron chi connectivity index (χ1n) is 4.73. The summed E-state index contributed by atoms with van der Waals surface area (Å²) in [6, 6.07) is 5.40. The molecule has 0 amide bonds. The molecule has 16 heavy (non-hydrogen) atoms. The number of aryl methyl sites for hydroxylation is 1. The van der Waals surface area contributed by atoms with E-state index in [2.05, 4.69) is 0 Å². The molecule has 0 aromatic heterocycles. The molecule has 1 atom stereocenters. The minimum absolute atomic E-state index is 0.0604. The zero-order chi connectivity index (χ0) is 11.8. The Morgan fingerprint density at radius 1 is 1.44 bits per heavy atom. The van der Waals surface area contributed by atoms with Gasteiger partial charge >= 0.3 is 0 Å². The third kappa shape index (κ3) is 2.45. The quantitative estimate of drug-likeness (QED) is 0.728. The van der Waals surface area contributed by atoms with Gasteiger partial charge in [-0.1, -0.05) is 12.1 Å². The molecule has 0 saturated carbocycles. The van der Waals surface area contributed by atoms with Crippen LogP contribution in [0.15, 0.2) is 18.2 Å². The molecule has 1 unspecified atom stereocenters. The SMILES string of the molecule is Cc1cccc2c1OCC(OS(C)(=O)=O)O2. The molecular formula is C10H12O5S. The molecule has 1 aromatic rings. The van der Waals surface area contributed by atoms with E-state index in [9.17, 15) is 8.42 Å². The van der Waals surface area contributed by atoms with Gasteiger partial charge in [-0.15, -0.1) is 0 Å². The Balaban J connectivity index is 2.19. The summed E-state index contributed by atoms with van der Waals surface area (Å²) in [6.07, 6.45) is 0.0616. The van der Waals surface area contributed by atoms with Crippen LogP contribution >= 0.6 is 0 Å². The largest absolute Gasteiger partial charge is 0.483 e. The van der Waals surface area contributed by atoms with Crippen molar-refractivity contribution in [2.24, 2.45) is 0 Å². The van der Waals surface area contributed by atoms with Gasteiger partial charge in [0, 0.05) is 0 Å². The number of ether oxygens (including phenoxy) is 2. The Hall–Kier alpha value is -1.27. The molecular weight excluding hydrogens is 232 g/mol. The molecule has 1 heterocycles. The predicted octanol–water partition coefficient (Wildman–Crippen LogP) is 1.07. The predicted molar refractivity (Wildman–Crippen MR) is 57.0 cm³/mol. The van der Waals surface area contributed by atoms with E-state index in [1.165, 1.54) is 0 Å². The summed E-state index contributed by atoms with van der Waals surface area (Å²) < 4.78 is 37.3. The maximum absolute atomic E-state index is 10.9. The molecule has 0 spiro atoms. The number of fused-ring (bicyclic) bond motifs is 1. The third-order valence-corrected chi connectivity index (χ3v) is 2.64. The minimum atomic E-state index is -3.54.